The highest BCUT2D eigenvalue weighted by Gasteiger charge is 2.45. The number of Topliss-reactive ketones (excluding diaryl/α,β-unsaturated/α-hetero) is 1. The molecule has 9 nitrogen and oxygen atoms in total. The van der Waals surface area contributed by atoms with E-state index in [9.17, 15) is 14.4 Å². The van der Waals surface area contributed by atoms with Gasteiger partial charge in [0.15, 0.2) is 0 Å². The summed E-state index contributed by atoms with van der Waals surface area (Å²) in [6, 6.07) is 18.4. The van der Waals surface area contributed by atoms with Crippen molar-refractivity contribution in [3.63, 3.8) is 0 Å². The molecule has 3 aromatic rings. The van der Waals surface area contributed by atoms with Crippen molar-refractivity contribution in [2.24, 2.45) is 0 Å². The van der Waals surface area contributed by atoms with Crippen LogP contribution in [0.3, 0.4) is 0 Å². The fourth-order valence-electron chi connectivity index (χ4n) is 4.47. The summed E-state index contributed by atoms with van der Waals surface area (Å²) in [5, 5.41) is 3.87. The van der Waals surface area contributed by atoms with Gasteiger partial charge in [-0.1, -0.05) is 24.3 Å². The molecular formula is C30H32ClN3O6. The first-order valence-electron chi connectivity index (χ1n) is 12.9. The monoisotopic (exact) mass is 565 g/mol. The predicted octanol–water partition coefficient (Wildman–Crippen LogP) is 5.61. The van der Waals surface area contributed by atoms with E-state index in [0.717, 1.165) is 18.4 Å². The minimum atomic E-state index is -1.74. The standard InChI is InChI=1S/C30H32ClN3O6/c1-20-8-4-5-9-24(20)32-29(37)33-25-15-10-21(18-26(25)38-2)19-27(35)30(31,34-16-6-7-17-34)40-23-13-11-22(12-14-23)28(36)39-3/h4-5,8-15,18H,6-7,16-17,19H2,1-3H3,(H2,32,33,37). The molecule has 40 heavy (non-hydrogen) atoms. The fourth-order valence-corrected chi connectivity index (χ4v) is 4.79. The number of hydrogen-bond donors (Lipinski definition) is 2. The summed E-state index contributed by atoms with van der Waals surface area (Å²) < 4.78 is 16.3. The normalized spacial score (nSPS) is 14.6. The van der Waals surface area contributed by atoms with E-state index < -0.39 is 17.2 Å². The van der Waals surface area contributed by atoms with Crippen LogP contribution in [0.4, 0.5) is 16.2 Å². The number of carbonyl (C=O) groups excluding carboxylic acids is 3. The van der Waals surface area contributed by atoms with Gasteiger partial charge in [0.1, 0.15) is 11.5 Å². The van der Waals surface area contributed by atoms with Crippen molar-refractivity contribution in [1.82, 2.24) is 4.90 Å². The molecule has 0 bridgehead atoms. The largest absolute Gasteiger partial charge is 0.495 e. The SMILES string of the molecule is COC(=O)c1ccc(OC(Cl)(C(=O)Cc2ccc(NC(=O)Nc3ccccc3C)c(OC)c2)N2CCCC2)cc1. The van der Waals surface area contributed by atoms with Crippen molar-refractivity contribution in [1.29, 1.82) is 0 Å². The quantitative estimate of drug-likeness (QED) is 0.187. The average Bonchev–Trinajstić information content (AvgIpc) is 3.51. The summed E-state index contributed by atoms with van der Waals surface area (Å²) in [5.41, 5.74) is 3.07. The third kappa shape index (κ3) is 6.73. The second kappa shape index (κ2) is 12.8. The number of benzene rings is 3. The lowest BCUT2D eigenvalue weighted by Crippen LogP contribution is -2.54. The number of ether oxygens (including phenoxy) is 3. The van der Waals surface area contributed by atoms with Crippen LogP contribution >= 0.6 is 11.6 Å². The Morgan fingerprint density at radius 2 is 1.60 bits per heavy atom. The van der Waals surface area contributed by atoms with Gasteiger partial charge in [-0.2, -0.15) is 0 Å². The van der Waals surface area contributed by atoms with Crippen LogP contribution in [0.15, 0.2) is 66.7 Å². The highest BCUT2D eigenvalue weighted by Crippen LogP contribution is 2.33. The van der Waals surface area contributed by atoms with Crippen LogP contribution in [0, 0.1) is 6.92 Å². The molecule has 3 aromatic carbocycles. The Hall–Kier alpha value is -4.08. The van der Waals surface area contributed by atoms with E-state index in [1.165, 1.54) is 14.2 Å². The number of ketones is 1. The number of rotatable bonds is 10. The van der Waals surface area contributed by atoms with E-state index in [1.807, 2.05) is 36.1 Å². The minimum Gasteiger partial charge on any atom is -0.495 e. The number of carbonyl (C=O) groups is 3. The van der Waals surface area contributed by atoms with Gasteiger partial charge < -0.3 is 24.8 Å². The van der Waals surface area contributed by atoms with Crippen molar-refractivity contribution < 1.29 is 28.6 Å². The highest BCUT2D eigenvalue weighted by atomic mass is 35.5. The van der Waals surface area contributed by atoms with Crippen molar-refractivity contribution in [3.8, 4) is 11.5 Å². The van der Waals surface area contributed by atoms with Crippen LogP contribution in [-0.2, 0) is 16.0 Å². The smallest absolute Gasteiger partial charge is 0.337 e. The zero-order chi connectivity index (χ0) is 28.7. The number of hydrogen-bond acceptors (Lipinski definition) is 7. The molecule has 2 amide bonds. The van der Waals surface area contributed by atoms with Gasteiger partial charge in [-0.25, -0.2) is 14.5 Å². The lowest BCUT2D eigenvalue weighted by Gasteiger charge is -2.35. The van der Waals surface area contributed by atoms with E-state index in [2.05, 4.69) is 10.6 Å². The lowest BCUT2D eigenvalue weighted by molar-refractivity contribution is -0.138. The maximum atomic E-state index is 13.7. The number of methoxy groups -OCH3 is 2. The Kier molecular flexibility index (Phi) is 9.29. The second-order valence-corrected chi connectivity index (χ2v) is 9.91. The third-order valence-electron chi connectivity index (χ3n) is 6.66. The first-order valence-corrected chi connectivity index (χ1v) is 13.3. The van der Waals surface area contributed by atoms with Gasteiger partial charge in [0.05, 0.1) is 25.5 Å². The van der Waals surface area contributed by atoms with Crippen LogP contribution in [0.5, 0.6) is 11.5 Å². The van der Waals surface area contributed by atoms with Crippen LogP contribution < -0.4 is 20.1 Å². The Morgan fingerprint density at radius 1 is 0.925 bits per heavy atom. The summed E-state index contributed by atoms with van der Waals surface area (Å²) in [5.74, 6) is -0.0855. The second-order valence-electron chi connectivity index (χ2n) is 9.40. The predicted molar refractivity (Wildman–Crippen MR) is 153 cm³/mol. The number of anilines is 2. The van der Waals surface area contributed by atoms with Gasteiger partial charge in [-0.15, -0.1) is 0 Å². The third-order valence-corrected chi connectivity index (χ3v) is 7.18. The van der Waals surface area contributed by atoms with Gasteiger partial charge in [0, 0.05) is 25.2 Å². The van der Waals surface area contributed by atoms with Crippen LogP contribution in [0.2, 0.25) is 0 Å². The first kappa shape index (κ1) is 28.9. The zero-order valence-corrected chi connectivity index (χ0v) is 23.4. The van der Waals surface area contributed by atoms with E-state index in [4.69, 9.17) is 25.8 Å². The van der Waals surface area contributed by atoms with Crippen LogP contribution in [0.1, 0.15) is 34.3 Å². The van der Waals surface area contributed by atoms with Gasteiger partial charge in [0.2, 0.25) is 5.78 Å². The molecule has 4 rings (SSSR count). The molecule has 1 fully saturated rings. The zero-order valence-electron chi connectivity index (χ0n) is 22.7. The number of urea groups is 1. The lowest BCUT2D eigenvalue weighted by atomic mass is 10.1. The Labute approximate surface area is 238 Å². The Balaban J connectivity index is 1.49. The number of nitrogens with zero attached hydrogens (tertiary/aromatic N) is 1. The number of amides is 2. The highest BCUT2D eigenvalue weighted by molar-refractivity contribution is 6.34. The molecule has 1 aliphatic heterocycles. The summed E-state index contributed by atoms with van der Waals surface area (Å²) in [4.78, 5) is 39.8. The number of halogens is 1. The van der Waals surface area contributed by atoms with Crippen LogP contribution in [0.25, 0.3) is 0 Å². The molecule has 0 aromatic heterocycles. The number of aryl methyl sites for hydroxylation is 1. The fraction of sp³-hybridized carbons (Fsp3) is 0.300. The summed E-state index contributed by atoms with van der Waals surface area (Å²) >= 11 is 6.94. The summed E-state index contributed by atoms with van der Waals surface area (Å²) in [6.07, 6.45) is 1.75. The topological polar surface area (TPSA) is 106 Å². The molecule has 1 atom stereocenters. The minimum absolute atomic E-state index is 0.0354. The number of esters is 1. The number of alkyl halides is 1. The van der Waals surface area contributed by atoms with Crippen molar-refractivity contribution in [3.05, 3.63) is 83.4 Å². The van der Waals surface area contributed by atoms with Gasteiger partial charge in [-0.05, 0) is 85.0 Å². The molecule has 2 N–H and O–H groups in total. The Morgan fingerprint density at radius 3 is 2.25 bits per heavy atom. The molecule has 1 unspecified atom stereocenters. The number of likely N-dealkylation sites (tertiary alicyclic amines) is 1. The molecule has 10 heteroatoms. The molecule has 1 saturated heterocycles. The van der Waals surface area contributed by atoms with E-state index in [0.29, 0.717) is 47.1 Å². The van der Waals surface area contributed by atoms with Gasteiger partial charge in [0.25, 0.3) is 0 Å². The van der Waals surface area contributed by atoms with Crippen molar-refractivity contribution in [2.75, 3.05) is 37.9 Å². The van der Waals surface area contributed by atoms with E-state index in [1.54, 1.807) is 42.5 Å². The molecular weight excluding hydrogens is 534 g/mol. The molecule has 1 aliphatic rings. The van der Waals surface area contributed by atoms with Crippen molar-refractivity contribution in [2.45, 2.75) is 31.4 Å². The molecule has 1 heterocycles. The summed E-state index contributed by atoms with van der Waals surface area (Å²) in [6.45, 7) is 3.12. The van der Waals surface area contributed by atoms with E-state index >= 15 is 0 Å². The molecule has 0 radical (unpaired) electrons. The van der Waals surface area contributed by atoms with E-state index in [-0.39, 0.29) is 12.2 Å². The number of nitrogens with one attached hydrogen (secondary N) is 2. The molecule has 0 aliphatic carbocycles. The van der Waals surface area contributed by atoms with Crippen LogP contribution in [-0.4, -0.2) is 55.2 Å². The molecule has 0 saturated carbocycles. The maximum Gasteiger partial charge on any atom is 0.337 e. The molecule has 0 spiro atoms. The Bertz CT molecular complexity index is 1370. The maximum absolute atomic E-state index is 13.7. The average molecular weight is 566 g/mol. The van der Waals surface area contributed by atoms with Crippen molar-refractivity contribution >= 4 is 40.8 Å². The van der Waals surface area contributed by atoms with Gasteiger partial charge >= 0.3 is 17.2 Å². The number of para-hydroxylation sites is 1. The summed E-state index contributed by atoms with van der Waals surface area (Å²) in [7, 11) is 2.79. The first-order chi connectivity index (χ1) is 19.2. The van der Waals surface area contributed by atoms with Gasteiger partial charge in [-0.3, -0.25) is 4.79 Å². The molecule has 210 valence electrons.